The Morgan fingerprint density at radius 1 is 0.900 bits per heavy atom. The predicted molar refractivity (Wildman–Crippen MR) is 111 cm³/mol. The molecular formula is C23H19F3O3S. The average Bonchev–Trinajstić information content (AvgIpc) is 2.73. The van der Waals surface area contributed by atoms with Crippen LogP contribution in [0.4, 0.5) is 13.2 Å². The summed E-state index contributed by atoms with van der Waals surface area (Å²) in [4.78, 5) is 12.5. The lowest BCUT2D eigenvalue weighted by atomic mass is 10.0. The van der Waals surface area contributed by atoms with Crippen LogP contribution in [0.2, 0.25) is 0 Å². The molecule has 0 saturated carbocycles. The Balaban J connectivity index is 1.61. The molecule has 0 unspecified atom stereocenters. The zero-order valence-corrected chi connectivity index (χ0v) is 16.7. The van der Waals surface area contributed by atoms with Gasteiger partial charge in [0.25, 0.3) is 0 Å². The molecule has 0 aliphatic carbocycles. The molecule has 0 fully saturated rings. The number of alkyl halides is 3. The first-order valence-electron chi connectivity index (χ1n) is 9.21. The molecule has 3 aromatic rings. The third-order valence-electron chi connectivity index (χ3n) is 4.12. The molecule has 30 heavy (non-hydrogen) atoms. The van der Waals surface area contributed by atoms with E-state index in [0.29, 0.717) is 23.5 Å². The highest BCUT2D eigenvalue weighted by atomic mass is 32.2. The number of halogens is 3. The van der Waals surface area contributed by atoms with Crippen LogP contribution in [-0.4, -0.2) is 25.0 Å². The van der Waals surface area contributed by atoms with Crippen LogP contribution in [-0.2, 0) is 0 Å². The first-order chi connectivity index (χ1) is 14.4. The van der Waals surface area contributed by atoms with Crippen LogP contribution >= 0.6 is 11.8 Å². The molecule has 0 atom stereocenters. The first-order valence-corrected chi connectivity index (χ1v) is 10.2. The Hall–Kier alpha value is -2.93. The van der Waals surface area contributed by atoms with Gasteiger partial charge in [0, 0.05) is 10.6 Å². The largest absolute Gasteiger partial charge is 0.573 e. The van der Waals surface area contributed by atoms with Gasteiger partial charge >= 0.3 is 6.36 Å². The third kappa shape index (κ3) is 6.56. The molecule has 0 amide bonds. The van der Waals surface area contributed by atoms with E-state index in [-0.39, 0.29) is 5.75 Å². The van der Waals surface area contributed by atoms with Gasteiger partial charge in [0.2, 0.25) is 0 Å². The molecule has 0 N–H and O–H groups in total. The van der Waals surface area contributed by atoms with Crippen molar-refractivity contribution in [3.63, 3.8) is 0 Å². The molecule has 0 aliphatic heterocycles. The van der Waals surface area contributed by atoms with Gasteiger partial charge in [0.1, 0.15) is 11.5 Å². The first kappa shape index (κ1) is 21.8. The highest BCUT2D eigenvalue weighted by molar-refractivity contribution is 7.99. The maximum Gasteiger partial charge on any atom is 0.573 e. The molecule has 7 heteroatoms. The molecular weight excluding hydrogens is 413 g/mol. The van der Waals surface area contributed by atoms with Crippen LogP contribution < -0.4 is 9.47 Å². The van der Waals surface area contributed by atoms with Crippen molar-refractivity contribution < 1.29 is 27.4 Å². The Kier molecular flexibility index (Phi) is 7.41. The van der Waals surface area contributed by atoms with Crippen LogP contribution in [0.15, 0.2) is 77.7 Å². The number of benzene rings is 3. The van der Waals surface area contributed by atoms with Gasteiger partial charge in [-0.25, -0.2) is 0 Å². The highest BCUT2D eigenvalue weighted by Gasteiger charge is 2.30. The lowest BCUT2D eigenvalue weighted by Gasteiger charge is -2.12. The predicted octanol–water partition coefficient (Wildman–Crippen LogP) is 6.63. The van der Waals surface area contributed by atoms with Gasteiger partial charge in [-0.3, -0.25) is 4.79 Å². The van der Waals surface area contributed by atoms with Gasteiger partial charge in [0.15, 0.2) is 6.29 Å². The minimum Gasteiger partial charge on any atom is -0.493 e. The van der Waals surface area contributed by atoms with Crippen LogP contribution in [0.25, 0.3) is 11.1 Å². The van der Waals surface area contributed by atoms with Gasteiger partial charge in [-0.15, -0.1) is 24.9 Å². The van der Waals surface area contributed by atoms with Crippen LogP contribution in [0.3, 0.4) is 0 Å². The summed E-state index contributed by atoms with van der Waals surface area (Å²) in [6.07, 6.45) is -3.21. The van der Waals surface area contributed by atoms with Crippen molar-refractivity contribution in [1.82, 2.24) is 0 Å². The smallest absolute Gasteiger partial charge is 0.493 e. The summed E-state index contributed by atoms with van der Waals surface area (Å²) in [5, 5.41) is 0. The SMILES string of the molecule is O=Cc1ccc(-c2ccc(OC(F)(F)F)cc2)cc1OCCCSc1ccccc1. The number of rotatable bonds is 9. The molecule has 0 aromatic heterocycles. The lowest BCUT2D eigenvalue weighted by Crippen LogP contribution is -2.16. The van der Waals surface area contributed by atoms with Gasteiger partial charge in [-0.05, 0) is 53.9 Å². The van der Waals surface area contributed by atoms with Gasteiger partial charge in [-0.1, -0.05) is 36.4 Å². The summed E-state index contributed by atoms with van der Waals surface area (Å²) < 4.78 is 46.6. The number of ether oxygens (including phenoxy) is 2. The standard InChI is InChI=1S/C23H19F3O3S/c24-23(25,26)29-20-11-9-17(10-12-20)18-7-8-19(16-27)22(15-18)28-13-4-14-30-21-5-2-1-3-6-21/h1-3,5-12,15-16H,4,13-14H2. The van der Waals surface area contributed by atoms with Crippen molar-refractivity contribution in [1.29, 1.82) is 0 Å². The Labute approximate surface area is 176 Å². The summed E-state index contributed by atoms with van der Waals surface area (Å²) in [5.74, 6) is 1.03. The molecule has 3 nitrogen and oxygen atoms in total. The summed E-state index contributed by atoms with van der Waals surface area (Å²) in [6.45, 7) is 0.447. The van der Waals surface area contributed by atoms with Gasteiger partial charge < -0.3 is 9.47 Å². The number of thioether (sulfide) groups is 1. The van der Waals surface area contributed by atoms with E-state index in [4.69, 9.17) is 4.74 Å². The molecule has 0 bridgehead atoms. The molecule has 156 valence electrons. The molecule has 0 heterocycles. The second kappa shape index (κ2) is 10.2. The van der Waals surface area contributed by atoms with Crippen molar-refractivity contribution in [2.24, 2.45) is 0 Å². The Morgan fingerprint density at radius 2 is 1.60 bits per heavy atom. The molecule has 0 saturated heterocycles. The summed E-state index contributed by atoms with van der Waals surface area (Å²) in [7, 11) is 0. The summed E-state index contributed by atoms with van der Waals surface area (Å²) in [5.41, 5.74) is 1.84. The fraction of sp³-hybridized carbons (Fsp3) is 0.174. The molecule has 0 aliphatic rings. The lowest BCUT2D eigenvalue weighted by molar-refractivity contribution is -0.274. The zero-order valence-electron chi connectivity index (χ0n) is 15.9. The number of hydrogen-bond donors (Lipinski definition) is 0. The maximum atomic E-state index is 12.3. The Morgan fingerprint density at radius 3 is 2.27 bits per heavy atom. The second-order valence-electron chi connectivity index (χ2n) is 6.31. The highest BCUT2D eigenvalue weighted by Crippen LogP contribution is 2.30. The van der Waals surface area contributed by atoms with Crippen molar-refractivity contribution >= 4 is 18.0 Å². The number of hydrogen-bond acceptors (Lipinski definition) is 4. The number of carbonyl (C=O) groups is 1. The van der Waals surface area contributed by atoms with E-state index in [1.54, 1.807) is 30.0 Å². The van der Waals surface area contributed by atoms with Gasteiger partial charge in [0.05, 0.1) is 12.2 Å². The van der Waals surface area contributed by atoms with Crippen LogP contribution in [0, 0.1) is 0 Å². The van der Waals surface area contributed by atoms with E-state index in [0.717, 1.165) is 24.0 Å². The average molecular weight is 432 g/mol. The molecule has 0 spiro atoms. The van der Waals surface area contributed by atoms with E-state index < -0.39 is 6.36 Å². The number of aldehydes is 1. The van der Waals surface area contributed by atoms with E-state index in [1.807, 2.05) is 30.3 Å². The van der Waals surface area contributed by atoms with Crippen molar-refractivity contribution in [3.8, 4) is 22.6 Å². The molecule has 3 rings (SSSR count). The van der Waals surface area contributed by atoms with Crippen LogP contribution in [0.5, 0.6) is 11.5 Å². The van der Waals surface area contributed by atoms with E-state index in [9.17, 15) is 18.0 Å². The summed E-state index contributed by atoms with van der Waals surface area (Å²) >= 11 is 1.73. The number of carbonyl (C=O) groups excluding carboxylic acids is 1. The molecule has 0 radical (unpaired) electrons. The second-order valence-corrected chi connectivity index (χ2v) is 7.47. The van der Waals surface area contributed by atoms with Crippen molar-refractivity contribution in [2.45, 2.75) is 17.7 Å². The topological polar surface area (TPSA) is 35.5 Å². The van der Waals surface area contributed by atoms with Crippen molar-refractivity contribution in [2.75, 3.05) is 12.4 Å². The van der Waals surface area contributed by atoms with E-state index in [2.05, 4.69) is 4.74 Å². The molecule has 3 aromatic carbocycles. The normalized spacial score (nSPS) is 11.2. The fourth-order valence-electron chi connectivity index (χ4n) is 2.73. The monoisotopic (exact) mass is 432 g/mol. The van der Waals surface area contributed by atoms with Crippen LogP contribution in [0.1, 0.15) is 16.8 Å². The Bertz CT molecular complexity index is 958. The third-order valence-corrected chi connectivity index (χ3v) is 5.22. The van der Waals surface area contributed by atoms with E-state index >= 15 is 0 Å². The minimum atomic E-state index is -4.73. The maximum absolute atomic E-state index is 12.3. The quantitative estimate of drug-likeness (QED) is 0.216. The summed E-state index contributed by atoms with van der Waals surface area (Å²) in [6, 6.07) is 20.7. The fourth-order valence-corrected chi connectivity index (χ4v) is 3.58. The van der Waals surface area contributed by atoms with Crippen molar-refractivity contribution in [3.05, 3.63) is 78.4 Å². The zero-order chi connectivity index (χ0) is 21.4. The van der Waals surface area contributed by atoms with E-state index in [1.165, 1.54) is 29.2 Å². The minimum absolute atomic E-state index is 0.289. The van der Waals surface area contributed by atoms with Gasteiger partial charge in [-0.2, -0.15) is 0 Å².